The fourth-order valence-corrected chi connectivity index (χ4v) is 2.64. The molecular formula is C16H17FN2O. The van der Waals surface area contributed by atoms with Crippen LogP contribution in [0.1, 0.15) is 18.4 Å². The number of benzene rings is 1. The molecule has 1 N–H and O–H groups in total. The van der Waals surface area contributed by atoms with Crippen molar-refractivity contribution >= 4 is 16.8 Å². The highest BCUT2D eigenvalue weighted by Gasteiger charge is 2.16. The van der Waals surface area contributed by atoms with Gasteiger partial charge in [-0.25, -0.2) is 4.39 Å². The van der Waals surface area contributed by atoms with E-state index in [1.165, 1.54) is 12.1 Å². The Labute approximate surface area is 117 Å². The summed E-state index contributed by atoms with van der Waals surface area (Å²) in [6.45, 7) is 1.57. The van der Waals surface area contributed by atoms with Crippen LogP contribution < -0.4 is 0 Å². The summed E-state index contributed by atoms with van der Waals surface area (Å²) in [5, 5.41) is 0.924. The number of aromatic nitrogens is 1. The minimum atomic E-state index is -0.268. The zero-order valence-electron chi connectivity index (χ0n) is 11.2. The second kappa shape index (κ2) is 5.49. The standard InChI is InChI=1S/C16H17FN2O/c17-13-5-6-14-12(11-18-15(14)10-13)9-16(20)19-7-3-1-2-4-8-19/h1-2,5-6,10-11,18H,3-4,7-9H2. The Morgan fingerprint density at radius 2 is 2.00 bits per heavy atom. The normalized spacial score (nSPS) is 15.6. The highest BCUT2D eigenvalue weighted by Crippen LogP contribution is 2.20. The van der Waals surface area contributed by atoms with E-state index >= 15 is 0 Å². The second-order valence-electron chi connectivity index (χ2n) is 5.11. The van der Waals surface area contributed by atoms with Gasteiger partial charge in [0.1, 0.15) is 5.82 Å². The van der Waals surface area contributed by atoms with Crippen molar-refractivity contribution < 1.29 is 9.18 Å². The SMILES string of the molecule is O=C(Cc1c[nH]c2cc(F)ccc12)N1CCC=CCC1. The van der Waals surface area contributed by atoms with E-state index in [-0.39, 0.29) is 11.7 Å². The van der Waals surface area contributed by atoms with Crippen LogP contribution in [-0.2, 0) is 11.2 Å². The molecule has 20 heavy (non-hydrogen) atoms. The molecule has 4 heteroatoms. The number of hydrogen-bond acceptors (Lipinski definition) is 1. The van der Waals surface area contributed by atoms with Crippen LogP contribution in [-0.4, -0.2) is 28.9 Å². The molecule has 0 saturated heterocycles. The summed E-state index contributed by atoms with van der Waals surface area (Å²) in [4.78, 5) is 17.3. The maximum Gasteiger partial charge on any atom is 0.227 e. The monoisotopic (exact) mass is 272 g/mol. The molecule has 1 aliphatic rings. The van der Waals surface area contributed by atoms with Crippen molar-refractivity contribution in [3.63, 3.8) is 0 Å². The molecule has 1 aromatic carbocycles. The van der Waals surface area contributed by atoms with Crippen molar-refractivity contribution in [3.05, 3.63) is 47.9 Å². The van der Waals surface area contributed by atoms with Crippen LogP contribution in [0, 0.1) is 5.82 Å². The van der Waals surface area contributed by atoms with E-state index in [0.29, 0.717) is 6.42 Å². The third kappa shape index (κ3) is 2.59. The van der Waals surface area contributed by atoms with Crippen molar-refractivity contribution in [2.24, 2.45) is 0 Å². The molecule has 1 aromatic heterocycles. The first kappa shape index (κ1) is 12.9. The van der Waals surface area contributed by atoms with E-state index < -0.39 is 0 Å². The highest BCUT2D eigenvalue weighted by atomic mass is 19.1. The molecule has 1 aliphatic heterocycles. The first-order chi connectivity index (χ1) is 9.74. The first-order valence-electron chi connectivity index (χ1n) is 6.92. The van der Waals surface area contributed by atoms with Gasteiger partial charge in [-0.3, -0.25) is 4.79 Å². The molecule has 0 radical (unpaired) electrons. The van der Waals surface area contributed by atoms with Gasteiger partial charge in [-0.15, -0.1) is 0 Å². The molecule has 0 spiro atoms. The number of H-pyrrole nitrogens is 1. The second-order valence-corrected chi connectivity index (χ2v) is 5.11. The van der Waals surface area contributed by atoms with E-state index in [2.05, 4.69) is 17.1 Å². The van der Waals surface area contributed by atoms with Crippen molar-refractivity contribution in [1.29, 1.82) is 0 Å². The molecule has 3 rings (SSSR count). The Morgan fingerprint density at radius 1 is 1.25 bits per heavy atom. The zero-order chi connectivity index (χ0) is 13.9. The summed E-state index contributed by atoms with van der Waals surface area (Å²) in [6, 6.07) is 4.62. The summed E-state index contributed by atoms with van der Waals surface area (Å²) in [5.41, 5.74) is 1.67. The lowest BCUT2D eigenvalue weighted by molar-refractivity contribution is -0.130. The average Bonchev–Trinajstić information content (AvgIpc) is 2.66. The van der Waals surface area contributed by atoms with Crippen LogP contribution in [0.2, 0.25) is 0 Å². The van der Waals surface area contributed by atoms with Crippen molar-refractivity contribution in [3.8, 4) is 0 Å². The molecular weight excluding hydrogens is 255 g/mol. The van der Waals surface area contributed by atoms with Crippen LogP contribution in [0.5, 0.6) is 0 Å². The molecule has 104 valence electrons. The third-order valence-corrected chi connectivity index (χ3v) is 3.72. The highest BCUT2D eigenvalue weighted by molar-refractivity contribution is 5.89. The number of amides is 1. The number of carbonyl (C=O) groups is 1. The maximum absolute atomic E-state index is 13.1. The van der Waals surface area contributed by atoms with Gasteiger partial charge in [0.15, 0.2) is 0 Å². The summed E-state index contributed by atoms with van der Waals surface area (Å²) < 4.78 is 13.1. The molecule has 2 aromatic rings. The number of rotatable bonds is 2. The number of carbonyl (C=O) groups excluding carboxylic acids is 1. The quantitative estimate of drug-likeness (QED) is 0.838. The zero-order valence-corrected chi connectivity index (χ0v) is 11.2. The Hall–Kier alpha value is -2.10. The lowest BCUT2D eigenvalue weighted by Crippen LogP contribution is -2.33. The van der Waals surface area contributed by atoms with E-state index in [9.17, 15) is 9.18 Å². The summed E-state index contributed by atoms with van der Waals surface area (Å²) in [6.07, 6.45) is 8.27. The van der Waals surface area contributed by atoms with E-state index in [4.69, 9.17) is 0 Å². The molecule has 0 atom stereocenters. The van der Waals surface area contributed by atoms with Crippen LogP contribution in [0.3, 0.4) is 0 Å². The smallest absolute Gasteiger partial charge is 0.227 e. The number of aromatic amines is 1. The molecule has 0 fully saturated rings. The predicted octanol–water partition coefficient (Wildman–Crippen LogP) is 3.03. The van der Waals surface area contributed by atoms with Gasteiger partial charge in [0.2, 0.25) is 5.91 Å². The summed E-state index contributed by atoms with van der Waals surface area (Å²) in [5.74, 6) is -0.130. The number of hydrogen-bond donors (Lipinski definition) is 1. The van der Waals surface area contributed by atoms with Crippen LogP contribution >= 0.6 is 0 Å². The van der Waals surface area contributed by atoms with Crippen LogP contribution in [0.25, 0.3) is 10.9 Å². The number of fused-ring (bicyclic) bond motifs is 1. The molecule has 3 nitrogen and oxygen atoms in total. The summed E-state index contributed by atoms with van der Waals surface area (Å²) >= 11 is 0. The Balaban J connectivity index is 1.77. The van der Waals surface area contributed by atoms with E-state index in [1.54, 1.807) is 12.3 Å². The Morgan fingerprint density at radius 3 is 2.75 bits per heavy atom. The lowest BCUT2D eigenvalue weighted by Gasteiger charge is -2.20. The molecule has 0 bridgehead atoms. The minimum Gasteiger partial charge on any atom is -0.361 e. The van der Waals surface area contributed by atoms with Gasteiger partial charge in [0, 0.05) is 30.2 Å². The predicted molar refractivity (Wildman–Crippen MR) is 76.9 cm³/mol. The number of nitrogens with zero attached hydrogens (tertiary/aromatic N) is 1. The van der Waals surface area contributed by atoms with Gasteiger partial charge >= 0.3 is 0 Å². The van der Waals surface area contributed by atoms with Crippen molar-refractivity contribution in [2.75, 3.05) is 13.1 Å². The van der Waals surface area contributed by atoms with Gasteiger partial charge in [0.05, 0.1) is 6.42 Å². The lowest BCUT2D eigenvalue weighted by atomic mass is 10.1. The van der Waals surface area contributed by atoms with Gasteiger partial charge in [-0.2, -0.15) is 0 Å². The van der Waals surface area contributed by atoms with Gasteiger partial charge in [0.25, 0.3) is 0 Å². The van der Waals surface area contributed by atoms with E-state index in [0.717, 1.165) is 42.4 Å². The fourth-order valence-electron chi connectivity index (χ4n) is 2.64. The number of halogens is 1. The largest absolute Gasteiger partial charge is 0.361 e. The maximum atomic E-state index is 13.1. The van der Waals surface area contributed by atoms with Crippen molar-refractivity contribution in [2.45, 2.75) is 19.3 Å². The van der Waals surface area contributed by atoms with Crippen LogP contribution in [0.15, 0.2) is 36.5 Å². The van der Waals surface area contributed by atoms with Gasteiger partial charge in [-0.1, -0.05) is 12.2 Å². The molecule has 0 unspecified atom stereocenters. The summed E-state index contributed by atoms with van der Waals surface area (Å²) in [7, 11) is 0. The first-order valence-corrected chi connectivity index (χ1v) is 6.92. The third-order valence-electron chi connectivity index (χ3n) is 3.72. The van der Waals surface area contributed by atoms with Crippen molar-refractivity contribution in [1.82, 2.24) is 9.88 Å². The van der Waals surface area contributed by atoms with Gasteiger partial charge < -0.3 is 9.88 Å². The van der Waals surface area contributed by atoms with Gasteiger partial charge in [-0.05, 0) is 36.6 Å². The number of nitrogens with one attached hydrogen (secondary N) is 1. The Kier molecular flexibility index (Phi) is 3.54. The molecule has 0 saturated carbocycles. The molecule has 2 heterocycles. The fraction of sp³-hybridized carbons (Fsp3) is 0.312. The average molecular weight is 272 g/mol. The van der Waals surface area contributed by atoms with Crippen LogP contribution in [0.4, 0.5) is 4.39 Å². The topological polar surface area (TPSA) is 36.1 Å². The van der Waals surface area contributed by atoms with E-state index in [1.807, 2.05) is 4.90 Å². The Bertz CT molecular complexity index is 650. The minimum absolute atomic E-state index is 0.138. The molecule has 0 aliphatic carbocycles. The molecule has 1 amide bonds.